The number of aromatic nitrogens is 4. The van der Waals surface area contributed by atoms with Crippen LogP contribution in [0.5, 0.6) is 0 Å². The Hall–Kier alpha value is -2.18. The first-order valence-electron chi connectivity index (χ1n) is 3.35. The normalized spacial score (nSPS) is 10.2. The number of hydrogen-bond donors (Lipinski definition) is 1. The van der Waals surface area contributed by atoms with Crippen molar-refractivity contribution >= 4 is 17.3 Å². The number of carbonyl (C=O) groups is 1. The van der Waals surface area contributed by atoms with Gasteiger partial charge in [-0.3, -0.25) is 4.84 Å². The maximum Gasteiger partial charge on any atom is 0.532 e. The lowest BCUT2D eigenvalue weighted by Crippen LogP contribution is -2.18. The molecular formula is C6H4N4O3. The molecule has 66 valence electrons. The summed E-state index contributed by atoms with van der Waals surface area (Å²) in [4.78, 5) is 19.0. The van der Waals surface area contributed by atoms with Crippen molar-refractivity contribution in [2.24, 2.45) is 0 Å². The Balaban J connectivity index is 2.51. The summed E-state index contributed by atoms with van der Waals surface area (Å²) in [5, 5.41) is 15.4. The van der Waals surface area contributed by atoms with E-state index in [4.69, 9.17) is 5.11 Å². The molecule has 0 amide bonds. The Bertz CT molecular complexity index is 452. The van der Waals surface area contributed by atoms with Crippen molar-refractivity contribution in [3.63, 3.8) is 0 Å². The first-order chi connectivity index (χ1) is 6.27. The summed E-state index contributed by atoms with van der Waals surface area (Å²) in [5.41, 5.74) is 0.744. The molecule has 0 spiro atoms. The van der Waals surface area contributed by atoms with E-state index in [1.165, 1.54) is 6.20 Å². The van der Waals surface area contributed by atoms with E-state index in [0.29, 0.717) is 5.52 Å². The summed E-state index contributed by atoms with van der Waals surface area (Å²) in [6, 6.07) is 3.32. The molecule has 7 heteroatoms. The van der Waals surface area contributed by atoms with Crippen LogP contribution in [0.15, 0.2) is 18.3 Å². The van der Waals surface area contributed by atoms with E-state index in [1.54, 1.807) is 12.1 Å². The first-order valence-corrected chi connectivity index (χ1v) is 3.35. The molecule has 0 aliphatic heterocycles. The van der Waals surface area contributed by atoms with Gasteiger partial charge in [0.05, 0.1) is 0 Å². The second kappa shape index (κ2) is 2.70. The molecule has 0 saturated carbocycles. The van der Waals surface area contributed by atoms with Crippen LogP contribution in [0, 0.1) is 0 Å². The SMILES string of the molecule is O=C(O)On1nnc2cccnc21. The van der Waals surface area contributed by atoms with Crippen LogP contribution in [0.4, 0.5) is 4.79 Å². The Labute approximate surface area is 71.5 Å². The molecule has 0 aliphatic carbocycles. The predicted octanol–water partition coefficient (Wildman–Crippen LogP) is -0.0671. The van der Waals surface area contributed by atoms with Gasteiger partial charge in [-0.05, 0) is 22.2 Å². The number of fused-ring (bicyclic) bond motifs is 1. The summed E-state index contributed by atoms with van der Waals surface area (Å²) in [7, 11) is 0. The van der Waals surface area contributed by atoms with Crippen molar-refractivity contribution in [2.75, 3.05) is 0 Å². The molecule has 0 radical (unpaired) electrons. The minimum atomic E-state index is -1.46. The highest BCUT2D eigenvalue weighted by atomic mass is 16.8. The Morgan fingerprint density at radius 3 is 3.23 bits per heavy atom. The fourth-order valence-electron chi connectivity index (χ4n) is 0.881. The summed E-state index contributed by atoms with van der Waals surface area (Å²) < 4.78 is 0. The minimum absolute atomic E-state index is 0.268. The molecule has 2 aromatic rings. The molecule has 0 saturated heterocycles. The number of rotatable bonds is 1. The summed E-state index contributed by atoms with van der Waals surface area (Å²) in [6.45, 7) is 0. The highest BCUT2D eigenvalue weighted by Crippen LogP contribution is 2.03. The Morgan fingerprint density at radius 2 is 2.46 bits per heavy atom. The third kappa shape index (κ3) is 1.26. The third-order valence-corrected chi connectivity index (χ3v) is 1.35. The zero-order chi connectivity index (χ0) is 9.26. The van der Waals surface area contributed by atoms with E-state index >= 15 is 0 Å². The van der Waals surface area contributed by atoms with Crippen LogP contribution in [0.2, 0.25) is 0 Å². The van der Waals surface area contributed by atoms with Crippen LogP contribution in [0.3, 0.4) is 0 Å². The number of nitrogens with zero attached hydrogens (tertiary/aromatic N) is 4. The largest absolute Gasteiger partial charge is 0.532 e. The van der Waals surface area contributed by atoms with Gasteiger partial charge in [-0.25, -0.2) is 9.78 Å². The van der Waals surface area contributed by atoms with E-state index in [1.807, 2.05) is 0 Å². The molecule has 0 aromatic carbocycles. The molecule has 0 fully saturated rings. The lowest BCUT2D eigenvalue weighted by atomic mass is 10.4. The molecule has 0 atom stereocenters. The maximum atomic E-state index is 10.2. The molecule has 7 nitrogen and oxygen atoms in total. The summed E-state index contributed by atoms with van der Waals surface area (Å²) in [5.74, 6) is 0. The monoisotopic (exact) mass is 180 g/mol. The molecule has 0 aliphatic rings. The average Bonchev–Trinajstić information content (AvgIpc) is 2.48. The van der Waals surface area contributed by atoms with Crippen LogP contribution < -0.4 is 4.84 Å². The molecule has 1 N–H and O–H groups in total. The van der Waals surface area contributed by atoms with Crippen molar-refractivity contribution in [1.82, 2.24) is 20.1 Å². The molecule has 0 unspecified atom stereocenters. The summed E-state index contributed by atoms with van der Waals surface area (Å²) in [6.07, 6.45) is 0.0328. The van der Waals surface area contributed by atoms with Gasteiger partial charge in [-0.2, -0.15) is 0 Å². The average molecular weight is 180 g/mol. The van der Waals surface area contributed by atoms with Crippen molar-refractivity contribution in [3.05, 3.63) is 18.3 Å². The smallest absolute Gasteiger partial charge is 0.448 e. The van der Waals surface area contributed by atoms with Gasteiger partial charge in [0.15, 0.2) is 0 Å². The van der Waals surface area contributed by atoms with Gasteiger partial charge < -0.3 is 5.11 Å². The fraction of sp³-hybridized carbons (Fsp3) is 0. The molecular weight excluding hydrogens is 176 g/mol. The molecule has 2 rings (SSSR count). The summed E-state index contributed by atoms with van der Waals surface area (Å²) >= 11 is 0. The quantitative estimate of drug-likeness (QED) is 0.618. The zero-order valence-corrected chi connectivity index (χ0v) is 6.28. The maximum absolute atomic E-state index is 10.2. The van der Waals surface area contributed by atoms with Gasteiger partial charge in [0, 0.05) is 6.20 Å². The van der Waals surface area contributed by atoms with Crippen LogP contribution in [-0.2, 0) is 0 Å². The lowest BCUT2D eigenvalue weighted by Gasteiger charge is -1.95. The van der Waals surface area contributed by atoms with Gasteiger partial charge in [-0.1, -0.05) is 0 Å². The van der Waals surface area contributed by atoms with E-state index in [2.05, 4.69) is 20.1 Å². The van der Waals surface area contributed by atoms with Crippen LogP contribution >= 0.6 is 0 Å². The van der Waals surface area contributed by atoms with Crippen molar-refractivity contribution in [1.29, 1.82) is 0 Å². The van der Waals surface area contributed by atoms with Crippen molar-refractivity contribution in [3.8, 4) is 0 Å². The van der Waals surface area contributed by atoms with Crippen molar-refractivity contribution < 1.29 is 14.7 Å². The molecule has 2 heterocycles. The van der Waals surface area contributed by atoms with Crippen LogP contribution in [0.1, 0.15) is 0 Å². The zero-order valence-electron chi connectivity index (χ0n) is 6.28. The highest BCUT2D eigenvalue weighted by Gasteiger charge is 2.08. The van der Waals surface area contributed by atoms with E-state index in [-0.39, 0.29) is 5.65 Å². The van der Waals surface area contributed by atoms with Gasteiger partial charge in [0.2, 0.25) is 5.65 Å². The van der Waals surface area contributed by atoms with Gasteiger partial charge in [0.25, 0.3) is 0 Å². The van der Waals surface area contributed by atoms with E-state index in [0.717, 1.165) is 4.85 Å². The van der Waals surface area contributed by atoms with Gasteiger partial charge in [-0.15, -0.1) is 5.10 Å². The second-order valence-electron chi connectivity index (χ2n) is 2.17. The number of carboxylic acid groups (broad SMARTS) is 1. The second-order valence-corrected chi connectivity index (χ2v) is 2.17. The Morgan fingerprint density at radius 1 is 1.62 bits per heavy atom. The molecule has 2 aromatic heterocycles. The topological polar surface area (TPSA) is 90.1 Å². The third-order valence-electron chi connectivity index (χ3n) is 1.35. The van der Waals surface area contributed by atoms with E-state index in [9.17, 15) is 4.79 Å². The molecule has 0 bridgehead atoms. The fourth-order valence-corrected chi connectivity index (χ4v) is 0.881. The number of hydrogen-bond acceptors (Lipinski definition) is 5. The van der Waals surface area contributed by atoms with Crippen molar-refractivity contribution in [2.45, 2.75) is 0 Å². The lowest BCUT2D eigenvalue weighted by molar-refractivity contribution is 0.0701. The highest BCUT2D eigenvalue weighted by molar-refractivity contribution is 5.69. The van der Waals surface area contributed by atoms with Gasteiger partial charge in [0.1, 0.15) is 5.52 Å². The van der Waals surface area contributed by atoms with Gasteiger partial charge >= 0.3 is 6.16 Å². The van der Waals surface area contributed by atoms with E-state index < -0.39 is 6.16 Å². The standard InChI is InChI=1S/C6H4N4O3/c11-6(12)13-10-5-4(8-9-10)2-1-3-7-5/h1-3H,(H,11,12). The predicted molar refractivity (Wildman–Crippen MR) is 39.9 cm³/mol. The van der Waals surface area contributed by atoms with Crippen LogP contribution in [0.25, 0.3) is 11.2 Å². The molecule has 13 heavy (non-hydrogen) atoms. The van der Waals surface area contributed by atoms with Crippen LogP contribution in [-0.4, -0.2) is 31.4 Å². The minimum Gasteiger partial charge on any atom is -0.448 e. The Kier molecular flexibility index (Phi) is 1.55. The number of pyridine rings is 1. The first kappa shape index (κ1) is 7.47.